The molecule has 11 aromatic rings. The molecule has 0 radical (unpaired) electrons. The molecule has 238 valence electrons. The highest BCUT2D eigenvalue weighted by Crippen LogP contribution is 2.40. The van der Waals surface area contributed by atoms with E-state index in [0.717, 1.165) is 63.5 Å². The summed E-state index contributed by atoms with van der Waals surface area (Å²) in [6, 6.07) is 42.0. The first-order valence-corrected chi connectivity index (χ1v) is 18.2. The Labute approximate surface area is 307 Å². The third kappa shape index (κ3) is 4.54. The summed E-state index contributed by atoms with van der Waals surface area (Å²) in [5, 5.41) is 6.74. The van der Waals surface area contributed by atoms with Gasteiger partial charge in [0.15, 0.2) is 17.5 Å². The normalized spacial score (nSPS) is 13.3. The predicted octanol–water partition coefficient (Wildman–Crippen LogP) is 12.7. The molecule has 0 fully saturated rings. The Bertz CT molecular complexity index is 3380. The summed E-state index contributed by atoms with van der Waals surface area (Å²) >= 11 is 3.43. The molecule has 0 saturated carbocycles. The number of para-hydroxylation sites is 2. The molecule has 51 heavy (non-hydrogen) atoms. The van der Waals surface area contributed by atoms with Crippen molar-refractivity contribution in [2.24, 2.45) is 0 Å². The van der Waals surface area contributed by atoms with Crippen LogP contribution in [0, 0.1) is 0 Å². The van der Waals surface area contributed by atoms with Crippen molar-refractivity contribution in [3.8, 4) is 39.9 Å². The van der Waals surface area contributed by atoms with E-state index in [1.54, 1.807) is 22.7 Å². The molecule has 0 amide bonds. The van der Waals surface area contributed by atoms with Crippen molar-refractivity contribution in [1.82, 2.24) is 19.5 Å². The first-order chi connectivity index (χ1) is 27.3. The highest BCUT2D eigenvalue weighted by atomic mass is 32.1. The Balaban J connectivity index is 1.13. The zero-order chi connectivity index (χ0) is 37.8. The first-order valence-electron chi connectivity index (χ1n) is 19.0. The lowest BCUT2D eigenvalue weighted by molar-refractivity contribution is 1.08. The van der Waals surface area contributed by atoms with Crippen molar-refractivity contribution in [2.75, 3.05) is 0 Å². The molecule has 0 aliphatic rings. The van der Waals surface area contributed by atoms with Crippen LogP contribution >= 0.6 is 22.7 Å². The maximum atomic E-state index is 8.79. The molecule has 11 rings (SSSR count). The molecule has 0 aliphatic carbocycles. The van der Waals surface area contributed by atoms with E-state index in [9.17, 15) is 0 Å². The van der Waals surface area contributed by atoms with E-state index < -0.39 is 18.1 Å². The van der Waals surface area contributed by atoms with E-state index in [2.05, 4.69) is 108 Å². The molecule has 0 N–H and O–H groups in total. The second-order valence-electron chi connectivity index (χ2n) is 12.5. The SMILES string of the molecule is [2H]c1c([2H])c([2H])c(-c2nc(-c3ccc4sc5ccccc5c4c3)nc(-c3ccc4sc5ccc(-n6c7ccccc7c7ccccc76)cc5c4c3)n2)c([2H])c1[2H]. The van der Waals surface area contributed by atoms with Crippen molar-refractivity contribution in [3.05, 3.63) is 158 Å². The van der Waals surface area contributed by atoms with E-state index in [1.807, 2.05) is 24.3 Å². The summed E-state index contributed by atoms with van der Waals surface area (Å²) in [4.78, 5) is 14.7. The molecular weight excluding hydrogens is 661 g/mol. The van der Waals surface area contributed by atoms with E-state index in [0.29, 0.717) is 11.6 Å². The number of fused-ring (bicyclic) bond motifs is 9. The van der Waals surface area contributed by atoms with Gasteiger partial charge in [0, 0.05) is 73.5 Å². The Morgan fingerprint density at radius 2 is 0.882 bits per heavy atom. The second-order valence-corrected chi connectivity index (χ2v) is 14.6. The Morgan fingerprint density at radius 1 is 0.412 bits per heavy atom. The Morgan fingerprint density at radius 3 is 1.51 bits per heavy atom. The molecule has 0 bridgehead atoms. The van der Waals surface area contributed by atoms with Gasteiger partial charge in [-0.1, -0.05) is 84.8 Å². The summed E-state index contributed by atoms with van der Waals surface area (Å²) in [5.41, 5.74) is 4.72. The molecule has 4 nitrogen and oxygen atoms in total. The van der Waals surface area contributed by atoms with E-state index >= 15 is 0 Å². The number of nitrogens with zero attached hydrogens (tertiary/aromatic N) is 4. The van der Waals surface area contributed by atoms with Gasteiger partial charge in [-0.15, -0.1) is 22.7 Å². The average molecular weight is 692 g/mol. The van der Waals surface area contributed by atoms with Crippen LogP contribution in [-0.2, 0) is 0 Å². The van der Waals surface area contributed by atoms with Gasteiger partial charge < -0.3 is 4.57 Å². The molecular formula is C45H26N4S2. The zero-order valence-electron chi connectivity index (χ0n) is 31.7. The van der Waals surface area contributed by atoms with Crippen molar-refractivity contribution in [1.29, 1.82) is 0 Å². The molecule has 0 atom stereocenters. The standard InChI is InChI=1S/C45H26N4S2/c1-2-10-27(11-3-1)43-46-44(28-18-21-40-34(24-28)33-14-6-9-17-39(33)50-40)48-45(47-43)29-19-22-41-35(25-29)36-26-30(20-23-42(36)51-41)49-37-15-7-4-12-31(37)32-13-5-8-16-38(32)49/h1-26H/i1D,2D,3D,10D,11D. The van der Waals surface area contributed by atoms with Crippen LogP contribution in [-0.4, -0.2) is 19.5 Å². The summed E-state index contributed by atoms with van der Waals surface area (Å²) < 4.78 is 49.4. The number of rotatable bonds is 4. The number of hydrogen-bond acceptors (Lipinski definition) is 5. The molecule has 0 saturated heterocycles. The van der Waals surface area contributed by atoms with E-state index in [-0.39, 0.29) is 23.5 Å². The van der Waals surface area contributed by atoms with Crippen LogP contribution in [0.2, 0.25) is 0 Å². The van der Waals surface area contributed by atoms with Crippen LogP contribution in [0.5, 0.6) is 0 Å². The quantitative estimate of drug-likeness (QED) is 0.184. The molecule has 4 heterocycles. The van der Waals surface area contributed by atoms with Crippen molar-refractivity contribution in [2.45, 2.75) is 0 Å². The van der Waals surface area contributed by atoms with Crippen LogP contribution in [0.1, 0.15) is 6.85 Å². The minimum Gasteiger partial charge on any atom is -0.309 e. The third-order valence-corrected chi connectivity index (χ3v) is 11.8. The molecule has 0 aliphatic heterocycles. The lowest BCUT2D eigenvalue weighted by atomic mass is 10.1. The highest BCUT2D eigenvalue weighted by Gasteiger charge is 2.17. The predicted molar refractivity (Wildman–Crippen MR) is 216 cm³/mol. The summed E-state index contributed by atoms with van der Waals surface area (Å²) in [6.45, 7) is 0. The fourth-order valence-electron chi connectivity index (χ4n) is 7.22. The van der Waals surface area contributed by atoms with Gasteiger partial charge in [0.25, 0.3) is 0 Å². The molecule has 7 aromatic carbocycles. The number of benzene rings is 7. The van der Waals surface area contributed by atoms with E-state index in [4.69, 9.17) is 21.8 Å². The lowest BCUT2D eigenvalue weighted by Gasteiger charge is -2.09. The van der Waals surface area contributed by atoms with Crippen LogP contribution in [0.15, 0.2) is 158 Å². The van der Waals surface area contributed by atoms with Crippen molar-refractivity contribution in [3.63, 3.8) is 0 Å². The molecule has 0 spiro atoms. The maximum absolute atomic E-state index is 8.79. The fourth-order valence-corrected chi connectivity index (χ4v) is 9.37. The Kier molecular flexibility index (Phi) is 5.25. The molecule has 6 heteroatoms. The average Bonchev–Trinajstić information content (AvgIpc) is 3.91. The van der Waals surface area contributed by atoms with Crippen LogP contribution in [0.3, 0.4) is 0 Å². The molecule has 0 unspecified atom stereocenters. The van der Waals surface area contributed by atoms with Gasteiger partial charge in [0.1, 0.15) is 0 Å². The number of thiophene rings is 2. The maximum Gasteiger partial charge on any atom is 0.164 e. The van der Waals surface area contributed by atoms with Crippen LogP contribution in [0.25, 0.3) is 102 Å². The first kappa shape index (κ1) is 24.0. The monoisotopic (exact) mass is 691 g/mol. The zero-order valence-corrected chi connectivity index (χ0v) is 28.4. The van der Waals surface area contributed by atoms with Crippen molar-refractivity contribution < 1.29 is 6.85 Å². The minimum absolute atomic E-state index is 0.0150. The second kappa shape index (κ2) is 11.2. The lowest BCUT2D eigenvalue weighted by Crippen LogP contribution is -2.00. The van der Waals surface area contributed by atoms with Gasteiger partial charge in [-0.3, -0.25) is 0 Å². The smallest absolute Gasteiger partial charge is 0.164 e. The van der Waals surface area contributed by atoms with Gasteiger partial charge in [0.05, 0.1) is 17.9 Å². The highest BCUT2D eigenvalue weighted by molar-refractivity contribution is 7.26. The van der Waals surface area contributed by atoms with Crippen LogP contribution < -0.4 is 0 Å². The number of hydrogen-bond donors (Lipinski definition) is 0. The summed E-state index contributed by atoms with van der Waals surface area (Å²) in [6.07, 6.45) is 0. The van der Waals surface area contributed by atoms with Crippen LogP contribution in [0.4, 0.5) is 0 Å². The van der Waals surface area contributed by atoms with Gasteiger partial charge >= 0.3 is 0 Å². The van der Waals surface area contributed by atoms with Gasteiger partial charge in [-0.05, 0) is 72.8 Å². The Hall–Kier alpha value is -6.21. The summed E-state index contributed by atoms with van der Waals surface area (Å²) in [7, 11) is 0. The fraction of sp³-hybridized carbons (Fsp3) is 0. The largest absolute Gasteiger partial charge is 0.309 e. The van der Waals surface area contributed by atoms with Crippen molar-refractivity contribution >= 4 is 84.8 Å². The van der Waals surface area contributed by atoms with Gasteiger partial charge in [-0.25, -0.2) is 15.0 Å². The molecule has 4 aromatic heterocycles. The minimum atomic E-state index is -0.469. The van der Waals surface area contributed by atoms with Gasteiger partial charge in [-0.2, -0.15) is 0 Å². The third-order valence-electron chi connectivity index (χ3n) is 9.54. The summed E-state index contributed by atoms with van der Waals surface area (Å²) in [5.74, 6) is 0.700. The topological polar surface area (TPSA) is 43.6 Å². The number of aromatic nitrogens is 4. The van der Waals surface area contributed by atoms with Gasteiger partial charge in [0.2, 0.25) is 0 Å². The van der Waals surface area contributed by atoms with E-state index in [1.165, 1.54) is 15.5 Å².